The van der Waals surface area contributed by atoms with Crippen LogP contribution in [0.1, 0.15) is 19.8 Å². The minimum absolute atomic E-state index is 0.114. The SMILES string of the molecule is C[C@@H]1OCC2(CCN(c3cnc(Sc4cccc(N)c4Cl)cn3)CC2)[C@@H]1N. The predicted octanol–water partition coefficient (Wildman–Crippen LogP) is 3.20. The van der Waals surface area contributed by atoms with E-state index in [-0.39, 0.29) is 17.6 Å². The third-order valence-corrected chi connectivity index (χ3v) is 7.27. The summed E-state index contributed by atoms with van der Waals surface area (Å²) in [6.07, 6.45) is 5.81. The van der Waals surface area contributed by atoms with Gasteiger partial charge in [-0.25, -0.2) is 9.97 Å². The van der Waals surface area contributed by atoms with Crippen LogP contribution in [-0.4, -0.2) is 41.8 Å². The number of benzene rings is 1. The highest BCUT2D eigenvalue weighted by atomic mass is 35.5. The maximum Gasteiger partial charge on any atom is 0.147 e. The molecule has 2 saturated heterocycles. The molecule has 4 rings (SSSR count). The molecule has 0 unspecified atom stereocenters. The molecule has 2 fully saturated rings. The van der Waals surface area contributed by atoms with Crippen LogP contribution < -0.4 is 16.4 Å². The lowest BCUT2D eigenvalue weighted by molar-refractivity contribution is 0.0974. The molecule has 2 atom stereocenters. The Morgan fingerprint density at radius 1 is 1.26 bits per heavy atom. The zero-order chi connectivity index (χ0) is 19.0. The Bertz CT molecular complexity index is 810. The number of piperidine rings is 1. The maximum atomic E-state index is 6.39. The van der Waals surface area contributed by atoms with Crippen LogP contribution in [0, 0.1) is 5.41 Å². The standard InChI is InChI=1S/C19H24ClN5OS/c1-12-18(22)19(11-26-12)5-7-25(8-6-19)15-9-24-16(10-23-15)27-14-4-2-3-13(21)17(14)20/h2-4,9-10,12,18H,5-8,11,21-22H2,1H3/t12-,18+/m0/s1. The van der Waals surface area contributed by atoms with Gasteiger partial charge >= 0.3 is 0 Å². The zero-order valence-electron chi connectivity index (χ0n) is 15.3. The van der Waals surface area contributed by atoms with E-state index in [4.69, 9.17) is 27.8 Å². The molecule has 27 heavy (non-hydrogen) atoms. The fourth-order valence-electron chi connectivity index (χ4n) is 3.90. The summed E-state index contributed by atoms with van der Waals surface area (Å²) in [6, 6.07) is 5.71. The fraction of sp³-hybridized carbons (Fsp3) is 0.474. The summed E-state index contributed by atoms with van der Waals surface area (Å²) in [7, 11) is 0. The van der Waals surface area contributed by atoms with E-state index in [1.165, 1.54) is 11.8 Å². The molecular weight excluding hydrogens is 382 g/mol. The lowest BCUT2D eigenvalue weighted by atomic mass is 9.73. The molecule has 1 aromatic heterocycles. The van der Waals surface area contributed by atoms with Gasteiger partial charge in [-0.1, -0.05) is 29.4 Å². The fourth-order valence-corrected chi connectivity index (χ4v) is 4.93. The number of hydrogen-bond donors (Lipinski definition) is 2. The number of aromatic nitrogens is 2. The van der Waals surface area contributed by atoms with Gasteiger partial charge < -0.3 is 21.1 Å². The summed E-state index contributed by atoms with van der Waals surface area (Å²) in [5.41, 5.74) is 12.9. The third-order valence-electron chi connectivity index (χ3n) is 5.75. The first-order valence-electron chi connectivity index (χ1n) is 9.14. The van der Waals surface area contributed by atoms with E-state index >= 15 is 0 Å². The van der Waals surface area contributed by atoms with Gasteiger partial charge in [0.2, 0.25) is 0 Å². The number of nitrogen functional groups attached to an aromatic ring is 1. The molecular formula is C19H24ClN5OS. The van der Waals surface area contributed by atoms with Crippen molar-refractivity contribution in [2.75, 3.05) is 30.3 Å². The van der Waals surface area contributed by atoms with Gasteiger partial charge in [0.15, 0.2) is 0 Å². The van der Waals surface area contributed by atoms with Gasteiger partial charge in [0, 0.05) is 29.4 Å². The van der Waals surface area contributed by atoms with Crippen LogP contribution in [0.25, 0.3) is 0 Å². The van der Waals surface area contributed by atoms with Crippen LogP contribution in [0.15, 0.2) is 40.5 Å². The van der Waals surface area contributed by atoms with Gasteiger partial charge in [-0.15, -0.1) is 0 Å². The molecule has 2 aliphatic heterocycles. The van der Waals surface area contributed by atoms with Gasteiger partial charge in [-0.05, 0) is 31.9 Å². The van der Waals surface area contributed by atoms with E-state index in [1.807, 2.05) is 18.3 Å². The molecule has 8 heteroatoms. The molecule has 0 amide bonds. The van der Waals surface area contributed by atoms with E-state index < -0.39 is 0 Å². The van der Waals surface area contributed by atoms with Crippen molar-refractivity contribution in [1.82, 2.24) is 9.97 Å². The second kappa shape index (κ2) is 7.47. The van der Waals surface area contributed by atoms with Crippen molar-refractivity contribution < 1.29 is 4.74 Å². The van der Waals surface area contributed by atoms with E-state index in [2.05, 4.69) is 21.8 Å². The van der Waals surface area contributed by atoms with Crippen LogP contribution in [0.5, 0.6) is 0 Å². The highest BCUT2D eigenvalue weighted by molar-refractivity contribution is 7.99. The number of rotatable bonds is 3. The Kier molecular flexibility index (Phi) is 5.20. The normalized spacial score (nSPS) is 24.5. The number of ether oxygens (including phenoxy) is 1. The smallest absolute Gasteiger partial charge is 0.147 e. The number of nitrogens with two attached hydrogens (primary N) is 2. The van der Waals surface area contributed by atoms with Crippen LogP contribution in [0.2, 0.25) is 5.02 Å². The van der Waals surface area contributed by atoms with Crippen LogP contribution in [0.4, 0.5) is 11.5 Å². The Labute approximate surface area is 168 Å². The largest absolute Gasteiger partial charge is 0.397 e. The summed E-state index contributed by atoms with van der Waals surface area (Å²) in [5, 5.41) is 1.35. The number of hydrogen-bond acceptors (Lipinski definition) is 7. The molecule has 144 valence electrons. The summed E-state index contributed by atoms with van der Waals surface area (Å²) in [4.78, 5) is 12.3. The van der Waals surface area contributed by atoms with Crippen molar-refractivity contribution in [3.63, 3.8) is 0 Å². The highest BCUT2D eigenvalue weighted by Crippen LogP contribution is 2.42. The molecule has 6 nitrogen and oxygen atoms in total. The van der Waals surface area contributed by atoms with E-state index in [1.54, 1.807) is 12.3 Å². The Hall–Kier alpha value is -1.54. The molecule has 0 bridgehead atoms. The molecule has 2 aliphatic rings. The maximum absolute atomic E-state index is 6.39. The first-order valence-corrected chi connectivity index (χ1v) is 10.3. The molecule has 3 heterocycles. The lowest BCUT2D eigenvalue weighted by Gasteiger charge is -2.41. The van der Waals surface area contributed by atoms with Crippen molar-refractivity contribution in [3.8, 4) is 0 Å². The first-order chi connectivity index (χ1) is 13.0. The summed E-state index contributed by atoms with van der Waals surface area (Å²) in [5.74, 6) is 0.897. The average Bonchev–Trinajstić information content (AvgIpc) is 2.95. The summed E-state index contributed by atoms with van der Waals surface area (Å²) in [6.45, 7) is 4.68. The van der Waals surface area contributed by atoms with Crippen molar-refractivity contribution in [3.05, 3.63) is 35.6 Å². The van der Waals surface area contributed by atoms with E-state index in [9.17, 15) is 0 Å². The molecule has 1 spiro atoms. The van der Waals surface area contributed by atoms with Crippen LogP contribution in [0.3, 0.4) is 0 Å². The molecule has 2 aromatic rings. The van der Waals surface area contributed by atoms with Gasteiger partial charge in [0.25, 0.3) is 0 Å². The van der Waals surface area contributed by atoms with Crippen molar-refractivity contribution in [2.45, 2.75) is 41.8 Å². The zero-order valence-corrected chi connectivity index (χ0v) is 16.8. The summed E-state index contributed by atoms with van der Waals surface area (Å²) >= 11 is 7.72. The van der Waals surface area contributed by atoms with Crippen LogP contribution in [-0.2, 0) is 4.74 Å². The quantitative estimate of drug-likeness (QED) is 0.757. The summed E-state index contributed by atoms with van der Waals surface area (Å²) < 4.78 is 5.80. The van der Waals surface area contributed by atoms with Gasteiger partial charge in [-0.3, -0.25) is 0 Å². The predicted molar refractivity (Wildman–Crippen MR) is 109 cm³/mol. The Morgan fingerprint density at radius 2 is 2.04 bits per heavy atom. The lowest BCUT2D eigenvalue weighted by Crippen LogP contribution is -2.50. The minimum atomic E-state index is 0.114. The molecule has 1 aromatic carbocycles. The second-order valence-electron chi connectivity index (χ2n) is 7.37. The number of halogens is 1. The molecule has 0 radical (unpaired) electrons. The third kappa shape index (κ3) is 3.61. The van der Waals surface area contributed by atoms with Crippen LogP contribution >= 0.6 is 23.4 Å². The Morgan fingerprint density at radius 3 is 2.67 bits per heavy atom. The molecule has 4 N–H and O–H groups in total. The minimum Gasteiger partial charge on any atom is -0.397 e. The second-order valence-corrected chi connectivity index (χ2v) is 8.81. The van der Waals surface area contributed by atoms with Crippen molar-refractivity contribution >= 4 is 34.9 Å². The van der Waals surface area contributed by atoms with E-state index in [0.29, 0.717) is 10.7 Å². The van der Waals surface area contributed by atoms with Gasteiger partial charge in [0.05, 0.1) is 35.8 Å². The monoisotopic (exact) mass is 405 g/mol. The molecule has 0 aliphatic carbocycles. The highest BCUT2D eigenvalue weighted by Gasteiger charge is 2.47. The van der Waals surface area contributed by atoms with Crippen molar-refractivity contribution in [2.24, 2.45) is 11.1 Å². The number of nitrogens with zero attached hydrogens (tertiary/aromatic N) is 3. The van der Waals surface area contributed by atoms with Gasteiger partial charge in [-0.2, -0.15) is 0 Å². The molecule has 0 saturated carbocycles. The Balaban J connectivity index is 1.41. The first kappa shape index (κ1) is 18.8. The number of anilines is 2. The topological polar surface area (TPSA) is 90.3 Å². The van der Waals surface area contributed by atoms with Crippen molar-refractivity contribution in [1.29, 1.82) is 0 Å². The van der Waals surface area contributed by atoms with E-state index in [0.717, 1.165) is 48.3 Å². The van der Waals surface area contributed by atoms with Gasteiger partial charge in [0.1, 0.15) is 10.8 Å². The average molecular weight is 406 g/mol.